The van der Waals surface area contributed by atoms with Crippen LogP contribution in [0.4, 0.5) is 5.69 Å². The molecule has 0 saturated heterocycles. The van der Waals surface area contributed by atoms with Gasteiger partial charge in [0.25, 0.3) is 11.6 Å². The van der Waals surface area contributed by atoms with Crippen LogP contribution in [-0.4, -0.2) is 23.7 Å². The number of benzene rings is 2. The van der Waals surface area contributed by atoms with Gasteiger partial charge in [0.1, 0.15) is 5.75 Å². The van der Waals surface area contributed by atoms with Gasteiger partial charge < -0.3 is 4.74 Å². The van der Waals surface area contributed by atoms with Gasteiger partial charge in [0.05, 0.1) is 17.7 Å². The first-order valence-corrected chi connectivity index (χ1v) is 9.80. The molecule has 0 bridgehead atoms. The number of unbranched alkanes of at least 4 members (excludes halogenated alkanes) is 3. The normalized spacial score (nSPS) is 10.8. The minimum atomic E-state index is -0.550. The lowest BCUT2D eigenvalue weighted by molar-refractivity contribution is -0.384. The minimum Gasteiger partial charge on any atom is -0.493 e. The molecule has 2 aromatic rings. The molecule has 0 aromatic heterocycles. The Morgan fingerprint density at radius 2 is 2.07 bits per heavy atom. The van der Waals surface area contributed by atoms with Gasteiger partial charge in [-0.05, 0) is 30.7 Å². The summed E-state index contributed by atoms with van der Waals surface area (Å²) >= 11 is 3.41. The van der Waals surface area contributed by atoms with Gasteiger partial charge in [-0.25, -0.2) is 5.43 Å². The maximum atomic E-state index is 12.1. The van der Waals surface area contributed by atoms with Crippen molar-refractivity contribution in [1.82, 2.24) is 5.43 Å². The first-order valence-electron chi connectivity index (χ1n) is 9.01. The van der Waals surface area contributed by atoms with Crippen LogP contribution in [0.3, 0.4) is 0 Å². The Hall–Kier alpha value is -2.74. The van der Waals surface area contributed by atoms with Crippen molar-refractivity contribution in [2.75, 3.05) is 6.61 Å². The summed E-state index contributed by atoms with van der Waals surface area (Å²) in [7, 11) is 0. The predicted octanol–water partition coefficient (Wildman–Crippen LogP) is 5.08. The molecule has 2 aromatic carbocycles. The highest BCUT2D eigenvalue weighted by atomic mass is 79.9. The van der Waals surface area contributed by atoms with E-state index in [-0.39, 0.29) is 11.3 Å². The quantitative estimate of drug-likeness (QED) is 0.237. The number of nitro groups is 1. The Labute approximate surface area is 172 Å². The third kappa shape index (κ3) is 6.77. The van der Waals surface area contributed by atoms with E-state index in [1.165, 1.54) is 43.3 Å². The first kappa shape index (κ1) is 21.6. The lowest BCUT2D eigenvalue weighted by Crippen LogP contribution is -2.17. The zero-order chi connectivity index (χ0) is 20.4. The van der Waals surface area contributed by atoms with Crippen molar-refractivity contribution < 1.29 is 14.5 Å². The van der Waals surface area contributed by atoms with E-state index in [2.05, 4.69) is 33.4 Å². The third-order valence-electron chi connectivity index (χ3n) is 3.92. The number of nitrogens with zero attached hydrogens (tertiary/aromatic N) is 2. The second kappa shape index (κ2) is 11.2. The van der Waals surface area contributed by atoms with Crippen molar-refractivity contribution in [1.29, 1.82) is 0 Å². The van der Waals surface area contributed by atoms with Crippen LogP contribution in [0, 0.1) is 10.1 Å². The molecule has 8 heteroatoms. The van der Waals surface area contributed by atoms with Gasteiger partial charge in [-0.1, -0.05) is 48.2 Å². The van der Waals surface area contributed by atoms with Crippen LogP contribution in [0.5, 0.6) is 5.75 Å². The summed E-state index contributed by atoms with van der Waals surface area (Å²) in [6, 6.07) is 11.0. The number of carbonyl (C=O) groups excluding carboxylic acids is 1. The fraction of sp³-hybridized carbons (Fsp3) is 0.300. The Bertz CT molecular complexity index is 855. The highest BCUT2D eigenvalue weighted by Gasteiger charge is 2.11. The van der Waals surface area contributed by atoms with E-state index in [4.69, 9.17) is 4.74 Å². The van der Waals surface area contributed by atoms with E-state index in [0.717, 1.165) is 17.3 Å². The summed E-state index contributed by atoms with van der Waals surface area (Å²) in [5.41, 5.74) is 3.10. The second-order valence-electron chi connectivity index (χ2n) is 6.10. The number of nitrogens with one attached hydrogen (secondary N) is 1. The maximum absolute atomic E-state index is 12.1. The van der Waals surface area contributed by atoms with Gasteiger partial charge in [0, 0.05) is 27.7 Å². The number of non-ortho nitro benzene ring substituents is 1. The van der Waals surface area contributed by atoms with E-state index >= 15 is 0 Å². The molecule has 2 rings (SSSR count). The molecule has 0 aliphatic heterocycles. The molecule has 148 valence electrons. The van der Waals surface area contributed by atoms with E-state index in [0.29, 0.717) is 17.9 Å². The van der Waals surface area contributed by atoms with Crippen molar-refractivity contribution in [3.8, 4) is 5.75 Å². The van der Waals surface area contributed by atoms with Gasteiger partial charge in [-0.2, -0.15) is 5.10 Å². The number of ether oxygens (including phenoxy) is 1. The Morgan fingerprint density at radius 3 is 2.82 bits per heavy atom. The lowest BCUT2D eigenvalue weighted by atomic mass is 10.2. The summed E-state index contributed by atoms with van der Waals surface area (Å²) in [6.45, 7) is 2.77. The van der Waals surface area contributed by atoms with Crippen LogP contribution in [0.2, 0.25) is 0 Å². The van der Waals surface area contributed by atoms with Crippen LogP contribution >= 0.6 is 15.9 Å². The number of hydrazone groups is 1. The molecule has 0 saturated carbocycles. The monoisotopic (exact) mass is 447 g/mol. The van der Waals surface area contributed by atoms with Gasteiger partial charge in [-0.3, -0.25) is 14.9 Å². The van der Waals surface area contributed by atoms with Crippen molar-refractivity contribution in [2.45, 2.75) is 32.6 Å². The molecule has 28 heavy (non-hydrogen) atoms. The standard InChI is InChI=1S/C20H22BrN3O4/c1-2-3-4-5-11-28-19-10-9-17(21)12-16(19)14-22-23-20(25)15-7-6-8-18(13-15)24(26)27/h6-10,12-14H,2-5,11H2,1H3,(H,23,25)/b22-14+. The topological polar surface area (TPSA) is 93.8 Å². The third-order valence-corrected chi connectivity index (χ3v) is 4.41. The smallest absolute Gasteiger partial charge is 0.271 e. The summed E-state index contributed by atoms with van der Waals surface area (Å²) < 4.78 is 6.68. The predicted molar refractivity (Wildman–Crippen MR) is 112 cm³/mol. The molecule has 0 radical (unpaired) electrons. The van der Waals surface area contributed by atoms with Crippen LogP contribution < -0.4 is 10.2 Å². The summed E-state index contributed by atoms with van der Waals surface area (Å²) in [4.78, 5) is 22.4. The van der Waals surface area contributed by atoms with E-state index < -0.39 is 10.8 Å². The summed E-state index contributed by atoms with van der Waals surface area (Å²) in [5, 5.41) is 14.8. The molecule has 0 atom stereocenters. The average molecular weight is 448 g/mol. The number of hydrogen-bond donors (Lipinski definition) is 1. The molecular formula is C20H22BrN3O4. The fourth-order valence-electron chi connectivity index (χ4n) is 2.45. The Kier molecular flexibility index (Phi) is 8.61. The van der Waals surface area contributed by atoms with E-state index in [1.807, 2.05) is 18.2 Å². The van der Waals surface area contributed by atoms with Crippen LogP contribution in [0.25, 0.3) is 0 Å². The van der Waals surface area contributed by atoms with Crippen molar-refractivity contribution in [2.24, 2.45) is 5.10 Å². The van der Waals surface area contributed by atoms with Crippen molar-refractivity contribution in [3.05, 3.63) is 68.2 Å². The van der Waals surface area contributed by atoms with Crippen LogP contribution in [0.15, 0.2) is 52.0 Å². The maximum Gasteiger partial charge on any atom is 0.271 e. The summed E-state index contributed by atoms with van der Waals surface area (Å²) in [5.74, 6) is 0.144. The van der Waals surface area contributed by atoms with Crippen LogP contribution in [0.1, 0.15) is 48.5 Å². The highest BCUT2D eigenvalue weighted by Crippen LogP contribution is 2.22. The van der Waals surface area contributed by atoms with Crippen molar-refractivity contribution in [3.63, 3.8) is 0 Å². The Balaban J connectivity index is 2.00. The number of halogens is 1. The summed E-state index contributed by atoms with van der Waals surface area (Å²) in [6.07, 6.45) is 5.93. The molecule has 0 fully saturated rings. The number of rotatable bonds is 10. The number of hydrogen-bond acceptors (Lipinski definition) is 5. The fourth-order valence-corrected chi connectivity index (χ4v) is 2.83. The molecule has 0 heterocycles. The lowest BCUT2D eigenvalue weighted by Gasteiger charge is -2.09. The number of nitro benzene ring substituents is 1. The molecule has 1 amide bonds. The number of carbonyl (C=O) groups is 1. The first-order chi connectivity index (χ1) is 13.5. The minimum absolute atomic E-state index is 0.151. The van der Waals surface area contributed by atoms with Gasteiger partial charge in [0.2, 0.25) is 0 Å². The zero-order valence-electron chi connectivity index (χ0n) is 15.6. The highest BCUT2D eigenvalue weighted by molar-refractivity contribution is 9.10. The van der Waals surface area contributed by atoms with E-state index in [9.17, 15) is 14.9 Å². The SMILES string of the molecule is CCCCCCOc1ccc(Br)cc1/C=N/NC(=O)c1cccc([N+](=O)[O-])c1. The molecule has 1 N–H and O–H groups in total. The van der Waals surface area contributed by atoms with Gasteiger partial charge >= 0.3 is 0 Å². The Morgan fingerprint density at radius 1 is 1.25 bits per heavy atom. The second-order valence-corrected chi connectivity index (χ2v) is 7.01. The van der Waals surface area contributed by atoms with Gasteiger partial charge in [-0.15, -0.1) is 0 Å². The molecular weight excluding hydrogens is 426 g/mol. The average Bonchev–Trinajstić information content (AvgIpc) is 2.69. The molecule has 0 unspecified atom stereocenters. The van der Waals surface area contributed by atoms with E-state index in [1.54, 1.807) is 0 Å². The molecule has 0 aliphatic rings. The molecule has 0 aliphatic carbocycles. The number of amides is 1. The van der Waals surface area contributed by atoms with Crippen molar-refractivity contribution >= 4 is 33.7 Å². The molecule has 7 nitrogen and oxygen atoms in total. The van der Waals surface area contributed by atoms with Crippen LogP contribution in [-0.2, 0) is 0 Å². The largest absolute Gasteiger partial charge is 0.493 e. The zero-order valence-corrected chi connectivity index (χ0v) is 17.1. The van der Waals surface area contributed by atoms with Gasteiger partial charge in [0.15, 0.2) is 0 Å². The molecule has 0 spiro atoms.